The van der Waals surface area contributed by atoms with Crippen molar-refractivity contribution >= 4 is 83.1 Å². The average molecular weight is 614 g/mol. The Bertz CT molecular complexity index is 2380. The minimum atomic E-state index is 0.118. The van der Waals surface area contributed by atoms with Crippen LogP contribution >= 0.6 is 23.1 Å². The largest absolute Gasteiger partial charge is 0.334 e. The van der Waals surface area contributed by atoms with Gasteiger partial charge in [-0.05, 0) is 114 Å². The molecule has 0 saturated heterocycles. The highest BCUT2D eigenvalue weighted by Gasteiger charge is 2.54. The van der Waals surface area contributed by atoms with E-state index in [2.05, 4.69) is 154 Å². The Morgan fingerprint density at radius 1 is 0.733 bits per heavy atom. The number of benzene rings is 6. The molecule has 10 rings (SSSR count). The summed E-state index contributed by atoms with van der Waals surface area (Å²) in [5.74, 6) is 0. The van der Waals surface area contributed by atoms with Crippen molar-refractivity contribution in [3.63, 3.8) is 0 Å². The Hall–Kier alpha value is -3.99. The van der Waals surface area contributed by atoms with E-state index in [1.807, 2.05) is 11.3 Å². The molecular weight excluding hydrogens is 581 g/mol. The second kappa shape index (κ2) is 9.06. The molecule has 7 aromatic rings. The van der Waals surface area contributed by atoms with Gasteiger partial charge in [-0.25, -0.2) is 0 Å². The fraction of sp³-hybridized carbons (Fsp3) is 0.171. The standard InChI is InChI=1S/C41H32BNS2/c1-23-17-32-36-30-19-24-9-5-7-11-26(24)21-34(30)44-39(36)42-37(32)33(18-23)43(29-15-13-28(14-16-29)41(2,3)4)38-31-20-25-10-6-8-12-27(25)22-35(31)45-40(38)42/h5-22,38,40H,1-4H3. The highest BCUT2D eigenvalue weighted by Crippen LogP contribution is 2.57. The van der Waals surface area contributed by atoms with E-state index in [-0.39, 0.29) is 11.5 Å². The normalized spacial score (nSPS) is 18.0. The number of rotatable bonds is 1. The summed E-state index contributed by atoms with van der Waals surface area (Å²) in [5.41, 5.74) is 11.4. The van der Waals surface area contributed by atoms with Crippen LogP contribution in [0.2, 0.25) is 0 Å². The third-order valence-corrected chi connectivity index (χ3v) is 13.0. The SMILES string of the molecule is Cc1cc2c3c(c1)N(c1ccc(C(C)(C)C)cc1)C1c4cc5ccccc5cc4SC1B3c1sc3cc4ccccc4cc3c1-2. The van der Waals surface area contributed by atoms with E-state index in [9.17, 15) is 0 Å². The highest BCUT2D eigenvalue weighted by atomic mass is 32.2. The van der Waals surface area contributed by atoms with Crippen molar-refractivity contribution in [3.8, 4) is 11.1 Å². The van der Waals surface area contributed by atoms with Crippen molar-refractivity contribution in [2.75, 3.05) is 4.90 Å². The summed E-state index contributed by atoms with van der Waals surface area (Å²) < 4.78 is 2.97. The number of fused-ring (bicyclic) bond motifs is 11. The monoisotopic (exact) mass is 613 g/mol. The van der Waals surface area contributed by atoms with Gasteiger partial charge in [0, 0.05) is 31.5 Å². The Labute approximate surface area is 273 Å². The maximum absolute atomic E-state index is 2.71. The predicted molar refractivity (Wildman–Crippen MR) is 198 cm³/mol. The van der Waals surface area contributed by atoms with Crippen LogP contribution in [0.5, 0.6) is 0 Å². The van der Waals surface area contributed by atoms with Crippen LogP contribution in [0.1, 0.15) is 43.5 Å². The highest BCUT2D eigenvalue weighted by molar-refractivity contribution is 8.02. The summed E-state index contributed by atoms with van der Waals surface area (Å²) in [7, 11) is 0. The lowest BCUT2D eigenvalue weighted by Crippen LogP contribution is -2.56. The van der Waals surface area contributed by atoms with Crippen LogP contribution in [-0.2, 0) is 5.41 Å². The van der Waals surface area contributed by atoms with Crippen molar-refractivity contribution < 1.29 is 0 Å². The van der Waals surface area contributed by atoms with Crippen LogP contribution in [0.25, 0.3) is 42.8 Å². The second-order valence-electron chi connectivity index (χ2n) is 14.2. The molecule has 0 amide bonds. The van der Waals surface area contributed by atoms with Crippen molar-refractivity contribution in [2.45, 2.75) is 49.2 Å². The van der Waals surface area contributed by atoms with Crippen molar-refractivity contribution in [3.05, 3.63) is 126 Å². The molecule has 6 aromatic carbocycles. The van der Waals surface area contributed by atoms with Gasteiger partial charge in [0.05, 0.1) is 6.04 Å². The molecule has 2 atom stereocenters. The van der Waals surface area contributed by atoms with Crippen LogP contribution in [0, 0.1) is 6.92 Å². The van der Waals surface area contributed by atoms with Crippen molar-refractivity contribution in [1.82, 2.24) is 0 Å². The number of hydrogen-bond acceptors (Lipinski definition) is 3. The molecule has 45 heavy (non-hydrogen) atoms. The Kier molecular flexibility index (Phi) is 5.28. The van der Waals surface area contributed by atoms with E-state index >= 15 is 0 Å². The minimum Gasteiger partial charge on any atom is -0.334 e. The minimum absolute atomic E-state index is 0.118. The molecule has 0 radical (unpaired) electrons. The Morgan fingerprint density at radius 3 is 2.11 bits per heavy atom. The molecule has 1 aromatic heterocycles. The van der Waals surface area contributed by atoms with E-state index < -0.39 is 0 Å². The summed E-state index contributed by atoms with van der Waals surface area (Å²) >= 11 is 4.16. The fourth-order valence-corrected chi connectivity index (χ4v) is 11.4. The maximum Gasteiger partial charge on any atom is 0.242 e. The van der Waals surface area contributed by atoms with E-state index in [0.29, 0.717) is 11.9 Å². The topological polar surface area (TPSA) is 3.24 Å². The number of anilines is 2. The molecule has 0 N–H and O–H groups in total. The lowest BCUT2D eigenvalue weighted by Gasteiger charge is -2.43. The fourth-order valence-electron chi connectivity index (χ4n) is 8.32. The molecular formula is C41H32BNS2. The number of thiophene rings is 1. The molecule has 0 fully saturated rings. The molecule has 3 aliphatic heterocycles. The molecule has 4 heteroatoms. The average Bonchev–Trinajstić information content (AvgIpc) is 3.68. The van der Waals surface area contributed by atoms with Crippen molar-refractivity contribution in [2.24, 2.45) is 0 Å². The molecule has 0 saturated carbocycles. The smallest absolute Gasteiger partial charge is 0.242 e. The molecule has 0 aliphatic carbocycles. The van der Waals surface area contributed by atoms with E-state index in [4.69, 9.17) is 0 Å². The summed E-state index contributed by atoms with van der Waals surface area (Å²) in [4.78, 5) is 4.15. The molecule has 0 spiro atoms. The van der Waals surface area contributed by atoms with Gasteiger partial charge < -0.3 is 4.90 Å². The second-order valence-corrected chi connectivity index (χ2v) is 16.5. The van der Waals surface area contributed by atoms with Gasteiger partial charge in [-0.15, -0.1) is 23.1 Å². The first-order valence-electron chi connectivity index (χ1n) is 16.0. The van der Waals surface area contributed by atoms with Gasteiger partial charge >= 0.3 is 0 Å². The number of thioether (sulfide) groups is 1. The number of aryl methyl sites for hydroxylation is 1. The Morgan fingerprint density at radius 2 is 1.40 bits per heavy atom. The van der Waals surface area contributed by atoms with Crippen molar-refractivity contribution in [1.29, 1.82) is 0 Å². The van der Waals surface area contributed by atoms with Crippen LogP contribution in [-0.4, -0.2) is 11.9 Å². The van der Waals surface area contributed by atoms with Crippen LogP contribution < -0.4 is 15.1 Å². The van der Waals surface area contributed by atoms with Crippen LogP contribution in [0.15, 0.2) is 114 Å². The summed E-state index contributed by atoms with van der Waals surface area (Å²) in [5, 5.41) is 7.12. The molecule has 0 bridgehead atoms. The molecule has 2 unspecified atom stereocenters. The lowest BCUT2D eigenvalue weighted by atomic mass is 9.40. The maximum atomic E-state index is 2.71. The van der Waals surface area contributed by atoms with E-state index in [1.165, 1.54) is 81.2 Å². The summed E-state index contributed by atoms with van der Waals surface area (Å²) in [6, 6.07) is 42.2. The third kappa shape index (κ3) is 3.64. The third-order valence-electron chi connectivity index (χ3n) is 10.4. The van der Waals surface area contributed by atoms with Gasteiger partial charge in [-0.1, -0.05) is 87.5 Å². The number of nitrogens with zero attached hydrogens (tertiary/aromatic N) is 1. The van der Waals surface area contributed by atoms with Gasteiger partial charge in [0.2, 0.25) is 6.71 Å². The zero-order valence-electron chi connectivity index (χ0n) is 25.9. The Balaban J connectivity index is 1.27. The molecule has 216 valence electrons. The van der Waals surface area contributed by atoms with Crippen LogP contribution in [0.4, 0.5) is 11.4 Å². The lowest BCUT2D eigenvalue weighted by molar-refractivity contribution is 0.590. The van der Waals surface area contributed by atoms with Gasteiger partial charge in [0.1, 0.15) is 0 Å². The van der Waals surface area contributed by atoms with E-state index in [0.717, 1.165) is 0 Å². The first kappa shape index (κ1) is 26.3. The molecule has 3 aliphatic rings. The quantitative estimate of drug-likeness (QED) is 0.170. The first-order chi connectivity index (χ1) is 21.8. The summed E-state index contributed by atoms with van der Waals surface area (Å²) in [6.07, 6.45) is 0. The van der Waals surface area contributed by atoms with Crippen LogP contribution in [0.3, 0.4) is 0 Å². The zero-order valence-corrected chi connectivity index (χ0v) is 27.5. The number of hydrogen-bond donors (Lipinski definition) is 0. The molecule has 1 nitrogen and oxygen atoms in total. The zero-order chi connectivity index (χ0) is 30.2. The van der Waals surface area contributed by atoms with Gasteiger partial charge in [0.25, 0.3) is 0 Å². The van der Waals surface area contributed by atoms with Gasteiger partial charge in [-0.3, -0.25) is 0 Å². The first-order valence-corrected chi connectivity index (χ1v) is 17.7. The van der Waals surface area contributed by atoms with E-state index in [1.54, 1.807) is 4.78 Å². The van der Waals surface area contributed by atoms with Gasteiger partial charge in [0.15, 0.2) is 0 Å². The summed E-state index contributed by atoms with van der Waals surface area (Å²) in [6.45, 7) is 9.56. The molecule has 4 heterocycles. The van der Waals surface area contributed by atoms with Gasteiger partial charge in [-0.2, -0.15) is 0 Å². The predicted octanol–water partition coefficient (Wildman–Crippen LogP) is 10.3.